The SMILES string of the molecule is N#CC(C#N)=C(C#N)c1ccc(/C=C/c2ccc(N3CCCC3)s2)s1. The lowest BCUT2D eigenvalue weighted by atomic mass is 10.1. The van der Waals surface area contributed by atoms with Gasteiger partial charge in [0.05, 0.1) is 10.6 Å². The Kier molecular flexibility index (Phi) is 5.31. The van der Waals surface area contributed by atoms with Crippen LogP contribution in [0.5, 0.6) is 0 Å². The first-order valence-corrected chi connectivity index (χ1v) is 9.46. The van der Waals surface area contributed by atoms with Gasteiger partial charge < -0.3 is 4.90 Å². The van der Waals surface area contributed by atoms with Crippen molar-refractivity contribution in [2.75, 3.05) is 18.0 Å². The van der Waals surface area contributed by atoms with E-state index in [4.69, 9.17) is 10.5 Å². The largest absolute Gasteiger partial charge is 0.363 e. The second kappa shape index (κ2) is 7.81. The summed E-state index contributed by atoms with van der Waals surface area (Å²) in [6.45, 7) is 2.28. The topological polar surface area (TPSA) is 74.6 Å². The van der Waals surface area contributed by atoms with Crippen molar-refractivity contribution in [1.29, 1.82) is 15.8 Å². The molecule has 0 atom stereocenters. The van der Waals surface area contributed by atoms with Crippen molar-refractivity contribution >= 4 is 45.4 Å². The molecule has 0 N–H and O–H groups in total. The Labute approximate surface area is 154 Å². The predicted molar refractivity (Wildman–Crippen MR) is 103 cm³/mol. The maximum Gasteiger partial charge on any atom is 0.148 e. The van der Waals surface area contributed by atoms with Crippen LogP contribution in [0.15, 0.2) is 29.8 Å². The van der Waals surface area contributed by atoms with Gasteiger partial charge in [0.25, 0.3) is 0 Å². The van der Waals surface area contributed by atoms with Gasteiger partial charge in [-0.3, -0.25) is 0 Å². The second-order valence-electron chi connectivity index (χ2n) is 5.49. The quantitative estimate of drug-likeness (QED) is 0.725. The molecule has 0 spiro atoms. The molecule has 0 aliphatic carbocycles. The maximum atomic E-state index is 9.21. The Morgan fingerprint density at radius 3 is 2.16 bits per heavy atom. The number of hydrogen-bond acceptors (Lipinski definition) is 6. The summed E-state index contributed by atoms with van der Waals surface area (Å²) in [5.41, 5.74) is -0.00418. The van der Waals surface area contributed by atoms with E-state index < -0.39 is 0 Å². The Balaban J connectivity index is 1.77. The molecule has 1 saturated heterocycles. The summed E-state index contributed by atoms with van der Waals surface area (Å²) in [7, 11) is 0. The summed E-state index contributed by atoms with van der Waals surface area (Å²) < 4.78 is 0. The van der Waals surface area contributed by atoms with Gasteiger partial charge in [-0.15, -0.1) is 22.7 Å². The van der Waals surface area contributed by atoms with Crippen LogP contribution in [0.25, 0.3) is 17.7 Å². The molecular formula is C19H14N4S2. The minimum Gasteiger partial charge on any atom is -0.363 e. The van der Waals surface area contributed by atoms with Gasteiger partial charge in [-0.2, -0.15) is 15.8 Å². The average molecular weight is 362 g/mol. The Morgan fingerprint density at radius 1 is 0.880 bits per heavy atom. The summed E-state index contributed by atoms with van der Waals surface area (Å²) in [4.78, 5) is 5.22. The first-order valence-electron chi connectivity index (χ1n) is 7.83. The summed E-state index contributed by atoms with van der Waals surface area (Å²) in [5.74, 6) is 0. The third-order valence-corrected chi connectivity index (χ3v) is 6.08. The number of rotatable bonds is 4. The van der Waals surface area contributed by atoms with E-state index in [0.717, 1.165) is 18.0 Å². The Hall–Kier alpha value is -2.85. The van der Waals surface area contributed by atoms with Crippen molar-refractivity contribution < 1.29 is 0 Å². The van der Waals surface area contributed by atoms with E-state index in [-0.39, 0.29) is 11.1 Å². The van der Waals surface area contributed by atoms with Gasteiger partial charge in [0.2, 0.25) is 0 Å². The molecule has 1 fully saturated rings. The lowest BCUT2D eigenvalue weighted by molar-refractivity contribution is 0.949. The van der Waals surface area contributed by atoms with Crippen molar-refractivity contribution in [3.63, 3.8) is 0 Å². The lowest BCUT2D eigenvalue weighted by Crippen LogP contribution is -2.15. The number of nitrogens with zero attached hydrogens (tertiary/aromatic N) is 4. The zero-order valence-corrected chi connectivity index (χ0v) is 15.0. The van der Waals surface area contributed by atoms with Crippen LogP contribution in [0, 0.1) is 34.0 Å². The Morgan fingerprint density at radius 2 is 1.52 bits per heavy atom. The van der Waals surface area contributed by atoms with Gasteiger partial charge in [0, 0.05) is 27.7 Å². The lowest BCUT2D eigenvalue weighted by Gasteiger charge is -2.13. The molecule has 0 radical (unpaired) electrons. The number of anilines is 1. The van der Waals surface area contributed by atoms with Crippen LogP contribution in [-0.2, 0) is 0 Å². The van der Waals surface area contributed by atoms with Crippen LogP contribution in [0.1, 0.15) is 27.5 Å². The van der Waals surface area contributed by atoms with E-state index in [1.807, 2.05) is 18.2 Å². The summed E-state index contributed by atoms with van der Waals surface area (Å²) >= 11 is 3.18. The molecule has 1 aliphatic heterocycles. The highest BCUT2D eigenvalue weighted by Crippen LogP contribution is 2.31. The van der Waals surface area contributed by atoms with Gasteiger partial charge in [-0.1, -0.05) is 0 Å². The van der Waals surface area contributed by atoms with Gasteiger partial charge >= 0.3 is 0 Å². The van der Waals surface area contributed by atoms with Crippen molar-refractivity contribution in [3.05, 3.63) is 44.5 Å². The molecule has 6 heteroatoms. The minimum atomic E-state index is -0.145. The van der Waals surface area contributed by atoms with Crippen LogP contribution >= 0.6 is 22.7 Å². The molecule has 122 valence electrons. The van der Waals surface area contributed by atoms with E-state index >= 15 is 0 Å². The van der Waals surface area contributed by atoms with E-state index in [1.165, 1.54) is 34.1 Å². The predicted octanol–water partition coefficient (Wildman–Crippen LogP) is 4.90. The highest BCUT2D eigenvalue weighted by molar-refractivity contribution is 7.17. The monoisotopic (exact) mass is 362 g/mol. The van der Waals surface area contributed by atoms with Crippen LogP contribution in [0.2, 0.25) is 0 Å². The van der Waals surface area contributed by atoms with Crippen molar-refractivity contribution in [1.82, 2.24) is 0 Å². The number of allylic oxidation sites excluding steroid dienone is 2. The van der Waals surface area contributed by atoms with Gasteiger partial charge in [0.1, 0.15) is 23.8 Å². The molecule has 0 saturated carbocycles. The molecule has 4 nitrogen and oxygen atoms in total. The summed E-state index contributed by atoms with van der Waals surface area (Å²) in [6, 6.07) is 13.5. The third-order valence-electron chi connectivity index (χ3n) is 3.90. The van der Waals surface area contributed by atoms with Crippen LogP contribution in [0.4, 0.5) is 5.00 Å². The zero-order chi connectivity index (χ0) is 17.6. The fourth-order valence-electron chi connectivity index (χ4n) is 2.65. The van der Waals surface area contributed by atoms with E-state index in [0.29, 0.717) is 4.88 Å². The molecular weight excluding hydrogens is 348 g/mol. The van der Waals surface area contributed by atoms with E-state index in [1.54, 1.807) is 29.5 Å². The number of nitriles is 3. The average Bonchev–Trinajstić information content (AvgIpc) is 3.38. The Bertz CT molecular complexity index is 935. The zero-order valence-electron chi connectivity index (χ0n) is 13.4. The molecule has 3 rings (SSSR count). The van der Waals surface area contributed by atoms with Gasteiger partial charge in [-0.25, -0.2) is 0 Å². The van der Waals surface area contributed by atoms with E-state index in [2.05, 4.69) is 23.1 Å². The van der Waals surface area contributed by atoms with Crippen LogP contribution in [0.3, 0.4) is 0 Å². The fraction of sp³-hybridized carbons (Fsp3) is 0.211. The van der Waals surface area contributed by atoms with Crippen LogP contribution < -0.4 is 4.90 Å². The van der Waals surface area contributed by atoms with Crippen molar-refractivity contribution in [3.8, 4) is 18.2 Å². The highest BCUT2D eigenvalue weighted by Gasteiger charge is 2.14. The molecule has 0 amide bonds. The standard InChI is InChI=1S/C19H14N4S2/c20-11-14(12-21)17(13-22)18-7-5-15(24-18)3-4-16-6-8-19(25-16)23-9-1-2-10-23/h3-8H,1-2,9-10H2/b4-3+. The minimum absolute atomic E-state index is 0.141. The molecule has 2 aromatic heterocycles. The molecule has 1 aliphatic rings. The molecule has 0 bridgehead atoms. The molecule has 0 aromatic carbocycles. The number of hydrogen-bond donors (Lipinski definition) is 0. The highest BCUT2D eigenvalue weighted by atomic mass is 32.1. The maximum absolute atomic E-state index is 9.21. The van der Waals surface area contributed by atoms with Gasteiger partial charge in [0.15, 0.2) is 0 Å². The summed E-state index contributed by atoms with van der Waals surface area (Å²) in [6.07, 6.45) is 6.60. The normalized spacial score (nSPS) is 13.4. The van der Waals surface area contributed by atoms with Crippen LogP contribution in [-0.4, -0.2) is 13.1 Å². The molecule has 2 aromatic rings. The fourth-order valence-corrected chi connectivity index (χ4v) is 4.52. The van der Waals surface area contributed by atoms with Crippen molar-refractivity contribution in [2.24, 2.45) is 0 Å². The second-order valence-corrected chi connectivity index (χ2v) is 7.70. The van der Waals surface area contributed by atoms with E-state index in [9.17, 15) is 5.26 Å². The smallest absolute Gasteiger partial charge is 0.148 e. The first kappa shape index (κ1) is 17.0. The molecule has 25 heavy (non-hydrogen) atoms. The first-order chi connectivity index (χ1) is 12.2. The van der Waals surface area contributed by atoms with Crippen molar-refractivity contribution in [2.45, 2.75) is 12.8 Å². The number of thiophene rings is 2. The molecule has 0 unspecified atom stereocenters. The summed E-state index contributed by atoms with van der Waals surface area (Å²) in [5, 5.41) is 28.4. The molecule has 3 heterocycles. The van der Waals surface area contributed by atoms with Gasteiger partial charge in [-0.05, 0) is 49.3 Å². The third kappa shape index (κ3) is 3.80.